The van der Waals surface area contributed by atoms with Crippen LogP contribution < -0.4 is 15.0 Å². The van der Waals surface area contributed by atoms with Gasteiger partial charge in [0.15, 0.2) is 23.5 Å². The van der Waals surface area contributed by atoms with Gasteiger partial charge in [-0.25, -0.2) is 19.2 Å². The van der Waals surface area contributed by atoms with Crippen LogP contribution in [0, 0.1) is 12.7 Å². The van der Waals surface area contributed by atoms with E-state index >= 15 is 0 Å². The Balaban J connectivity index is 0.000000541. The van der Waals surface area contributed by atoms with Gasteiger partial charge in [-0.1, -0.05) is 11.2 Å². The summed E-state index contributed by atoms with van der Waals surface area (Å²) in [6.07, 6.45) is -2.66. The number of aryl methyl sites for hydroxylation is 1. The second-order valence-corrected chi connectivity index (χ2v) is 9.49. The van der Waals surface area contributed by atoms with Crippen molar-refractivity contribution in [1.82, 2.24) is 25.5 Å². The standard InChI is InChI=1S/C25H26FN7O3.C2HF3O2/c1-15-28-19(12-21(29-15)25(34)27-14-16-5-6-17(26)22(11-16)35-2)20-13-23(36-32-20)18-7-8-24(31-30-18)33-9-3-4-10-33;3-2(4,5)1(6)7/h5-8,11-12,23H,3-4,9-10,13-14H2,1-2H3,(H,27,34);(H,6,7). The first kappa shape index (κ1) is 31.1. The number of carbonyl (C=O) groups is 2. The largest absolute Gasteiger partial charge is 0.494 e. The molecule has 2 N–H and O–H groups in total. The van der Waals surface area contributed by atoms with Crippen LogP contribution in [-0.2, 0) is 16.2 Å². The molecular formula is C27H27F4N7O5. The molecule has 0 aliphatic carbocycles. The Hall–Kier alpha value is -4.89. The van der Waals surface area contributed by atoms with E-state index < -0.39 is 18.0 Å². The van der Waals surface area contributed by atoms with E-state index in [1.165, 1.54) is 32.1 Å². The van der Waals surface area contributed by atoms with E-state index in [2.05, 4.69) is 35.5 Å². The van der Waals surface area contributed by atoms with Gasteiger partial charge in [0.2, 0.25) is 0 Å². The number of aliphatic carboxylic acids is 1. The number of hydrogen-bond donors (Lipinski definition) is 2. The van der Waals surface area contributed by atoms with Crippen molar-refractivity contribution in [2.75, 3.05) is 25.1 Å². The predicted octanol–water partition coefficient (Wildman–Crippen LogP) is 3.75. The van der Waals surface area contributed by atoms with Crippen LogP contribution in [-0.4, -0.2) is 69.2 Å². The summed E-state index contributed by atoms with van der Waals surface area (Å²) >= 11 is 0. The topological polar surface area (TPSA) is 152 Å². The number of carboxylic acid groups (broad SMARTS) is 1. The highest BCUT2D eigenvalue weighted by Crippen LogP contribution is 2.29. The number of methoxy groups -OCH3 is 1. The van der Waals surface area contributed by atoms with Crippen molar-refractivity contribution in [2.45, 2.75) is 45.0 Å². The molecule has 3 aromatic rings. The summed E-state index contributed by atoms with van der Waals surface area (Å²) in [5.74, 6) is -2.18. The zero-order valence-corrected chi connectivity index (χ0v) is 23.1. The highest BCUT2D eigenvalue weighted by atomic mass is 19.4. The Morgan fingerprint density at radius 2 is 1.84 bits per heavy atom. The van der Waals surface area contributed by atoms with E-state index in [1.807, 2.05) is 12.1 Å². The maximum atomic E-state index is 13.6. The summed E-state index contributed by atoms with van der Waals surface area (Å²) in [6.45, 7) is 3.90. The molecule has 2 aliphatic heterocycles. The van der Waals surface area contributed by atoms with Crippen molar-refractivity contribution >= 4 is 23.4 Å². The third kappa shape index (κ3) is 8.11. The maximum Gasteiger partial charge on any atom is 0.490 e. The number of anilines is 1. The summed E-state index contributed by atoms with van der Waals surface area (Å²) in [5.41, 5.74) is 2.71. The van der Waals surface area contributed by atoms with Crippen molar-refractivity contribution in [2.24, 2.45) is 5.16 Å². The number of nitrogens with one attached hydrogen (secondary N) is 1. The van der Waals surface area contributed by atoms with E-state index in [-0.39, 0.29) is 30.0 Å². The van der Waals surface area contributed by atoms with Gasteiger partial charge in [0, 0.05) is 26.1 Å². The first-order valence-electron chi connectivity index (χ1n) is 13.0. The molecule has 5 rings (SSSR count). The zero-order valence-electron chi connectivity index (χ0n) is 23.1. The lowest BCUT2D eigenvalue weighted by Crippen LogP contribution is -2.25. The second-order valence-electron chi connectivity index (χ2n) is 9.49. The number of aromatic nitrogens is 4. The van der Waals surface area contributed by atoms with Gasteiger partial charge in [0.1, 0.15) is 22.9 Å². The summed E-state index contributed by atoms with van der Waals surface area (Å²) in [7, 11) is 1.39. The number of carboxylic acids is 1. The molecule has 0 bridgehead atoms. The van der Waals surface area contributed by atoms with E-state index in [9.17, 15) is 22.4 Å². The van der Waals surface area contributed by atoms with E-state index in [0.717, 1.165) is 18.9 Å². The molecule has 1 saturated heterocycles. The summed E-state index contributed by atoms with van der Waals surface area (Å²) in [5, 5.41) is 22.8. The number of rotatable bonds is 7. The third-order valence-electron chi connectivity index (χ3n) is 6.38. The van der Waals surface area contributed by atoms with Crippen molar-refractivity contribution in [3.05, 3.63) is 70.7 Å². The van der Waals surface area contributed by atoms with Crippen LogP contribution in [0.5, 0.6) is 5.75 Å². The van der Waals surface area contributed by atoms with Gasteiger partial charge in [0.25, 0.3) is 5.91 Å². The number of ether oxygens (including phenoxy) is 1. The average Bonchev–Trinajstić information content (AvgIpc) is 3.70. The molecular weight excluding hydrogens is 578 g/mol. The van der Waals surface area contributed by atoms with Crippen LogP contribution in [0.15, 0.2) is 41.6 Å². The molecule has 4 heterocycles. The number of oxime groups is 1. The van der Waals surface area contributed by atoms with Crippen molar-refractivity contribution in [3.8, 4) is 5.75 Å². The number of halogens is 4. The Labute approximate surface area is 242 Å². The molecule has 228 valence electrons. The summed E-state index contributed by atoms with van der Waals surface area (Å²) in [4.78, 5) is 38.2. The highest BCUT2D eigenvalue weighted by Gasteiger charge is 2.38. The lowest BCUT2D eigenvalue weighted by molar-refractivity contribution is -0.192. The van der Waals surface area contributed by atoms with Gasteiger partial charge in [-0.05, 0) is 55.7 Å². The van der Waals surface area contributed by atoms with E-state index in [4.69, 9.17) is 19.5 Å². The first-order valence-corrected chi connectivity index (χ1v) is 13.0. The molecule has 1 aromatic carbocycles. The normalized spacial score (nSPS) is 16.1. The molecule has 0 saturated carbocycles. The van der Waals surface area contributed by atoms with Crippen LogP contribution in [0.3, 0.4) is 0 Å². The molecule has 1 amide bonds. The monoisotopic (exact) mass is 605 g/mol. The minimum absolute atomic E-state index is 0.117. The molecule has 12 nitrogen and oxygen atoms in total. The zero-order chi connectivity index (χ0) is 31.1. The average molecular weight is 606 g/mol. The van der Waals surface area contributed by atoms with Crippen molar-refractivity contribution in [3.63, 3.8) is 0 Å². The molecule has 1 unspecified atom stereocenters. The summed E-state index contributed by atoms with van der Waals surface area (Å²) in [6, 6.07) is 9.88. The van der Waals surface area contributed by atoms with Crippen molar-refractivity contribution in [1.29, 1.82) is 0 Å². The predicted molar refractivity (Wildman–Crippen MR) is 143 cm³/mol. The number of hydrogen-bond acceptors (Lipinski definition) is 10. The summed E-state index contributed by atoms with van der Waals surface area (Å²) < 4.78 is 50.4. The molecule has 2 aromatic heterocycles. The lowest BCUT2D eigenvalue weighted by atomic mass is 10.1. The Morgan fingerprint density at radius 3 is 2.47 bits per heavy atom. The third-order valence-corrected chi connectivity index (χ3v) is 6.38. The molecule has 2 aliphatic rings. The Kier molecular flexibility index (Phi) is 9.67. The quantitative estimate of drug-likeness (QED) is 0.381. The fourth-order valence-electron chi connectivity index (χ4n) is 4.23. The van der Waals surface area contributed by atoms with Gasteiger partial charge >= 0.3 is 12.1 Å². The van der Waals surface area contributed by atoms with Crippen LogP contribution >= 0.6 is 0 Å². The number of alkyl halides is 3. The smallest absolute Gasteiger partial charge is 0.490 e. The fourth-order valence-corrected chi connectivity index (χ4v) is 4.23. The van der Waals surface area contributed by atoms with E-state index in [0.29, 0.717) is 34.9 Å². The van der Waals surface area contributed by atoms with Gasteiger partial charge in [-0.15, -0.1) is 10.2 Å². The molecule has 43 heavy (non-hydrogen) atoms. The fraction of sp³-hybridized carbons (Fsp3) is 0.370. The van der Waals surface area contributed by atoms with Crippen LogP contribution in [0.1, 0.15) is 58.6 Å². The first-order chi connectivity index (χ1) is 20.4. The Bertz CT molecular complexity index is 1500. The SMILES string of the molecule is COc1cc(CNC(=O)c2cc(C3=NOC(c4ccc(N5CCCC5)nn4)C3)nc(C)n2)ccc1F.O=C(O)C(F)(F)F. The van der Waals surface area contributed by atoms with Crippen molar-refractivity contribution < 1.29 is 41.8 Å². The van der Waals surface area contributed by atoms with Gasteiger partial charge < -0.3 is 24.9 Å². The number of carbonyl (C=O) groups excluding carboxylic acids is 1. The minimum atomic E-state index is -5.08. The molecule has 1 atom stereocenters. The van der Waals surface area contributed by atoms with Gasteiger partial charge in [0.05, 0.1) is 12.8 Å². The van der Waals surface area contributed by atoms with Crippen LogP contribution in [0.25, 0.3) is 0 Å². The number of nitrogens with zero attached hydrogens (tertiary/aromatic N) is 6. The molecule has 0 radical (unpaired) electrons. The Morgan fingerprint density at radius 1 is 1.12 bits per heavy atom. The van der Waals surface area contributed by atoms with E-state index in [1.54, 1.807) is 19.1 Å². The lowest BCUT2D eigenvalue weighted by Gasteiger charge is -2.16. The maximum absolute atomic E-state index is 13.6. The van der Waals surface area contributed by atoms with Gasteiger partial charge in [-0.2, -0.15) is 13.2 Å². The molecule has 0 spiro atoms. The molecule has 1 fully saturated rings. The number of benzene rings is 1. The molecule has 16 heteroatoms. The highest BCUT2D eigenvalue weighted by molar-refractivity contribution is 6.02. The second kappa shape index (κ2) is 13.4. The van der Waals surface area contributed by atoms with Crippen LogP contribution in [0.4, 0.5) is 23.4 Å². The number of amides is 1. The van der Waals surface area contributed by atoms with Crippen LogP contribution in [0.2, 0.25) is 0 Å². The van der Waals surface area contributed by atoms with Gasteiger partial charge in [-0.3, -0.25) is 4.79 Å². The minimum Gasteiger partial charge on any atom is -0.494 e.